The molecule has 0 spiro atoms. The van der Waals surface area contributed by atoms with Crippen LogP contribution in [0.1, 0.15) is 33.6 Å². The van der Waals surface area contributed by atoms with Crippen LogP contribution in [0.15, 0.2) is 0 Å². The highest BCUT2D eigenvalue weighted by atomic mass is 32.1. The van der Waals surface area contributed by atoms with E-state index in [1.54, 1.807) is 7.05 Å². The highest BCUT2D eigenvalue weighted by Crippen LogP contribution is 2.29. The van der Waals surface area contributed by atoms with Crippen LogP contribution in [0.2, 0.25) is 0 Å². The second-order valence-corrected chi connectivity index (χ2v) is 4.71. The maximum absolute atomic E-state index is 12.4. The summed E-state index contributed by atoms with van der Waals surface area (Å²) in [6.07, 6.45) is 1.08. The molecule has 6 heteroatoms. The molecular formula is C12H23N3O2S. The third-order valence-electron chi connectivity index (χ3n) is 3.19. The Labute approximate surface area is 114 Å². The van der Waals surface area contributed by atoms with Crippen molar-refractivity contribution >= 4 is 29.0 Å². The summed E-state index contributed by atoms with van der Waals surface area (Å²) < 4.78 is 0. The first-order valence-corrected chi connectivity index (χ1v) is 6.58. The van der Waals surface area contributed by atoms with Crippen LogP contribution in [0.4, 0.5) is 0 Å². The minimum absolute atomic E-state index is 0.0248. The normalized spacial score (nSPS) is 10.9. The number of carbonyl (C=O) groups excluding carboxylic acids is 2. The Kier molecular flexibility index (Phi) is 6.83. The summed E-state index contributed by atoms with van der Waals surface area (Å²) in [5, 5.41) is 2.65. The standard InChI is InChI=1S/C12H23N3O2S/c1-5-12(6-2,10(13)18)11(17)15(4)8-9(16)14-7-3/h5-8H2,1-4H3,(H2,13,18)(H,14,16). The van der Waals surface area contributed by atoms with Crippen LogP contribution in [0.25, 0.3) is 0 Å². The summed E-state index contributed by atoms with van der Waals surface area (Å²) in [6, 6.07) is 0. The van der Waals surface area contributed by atoms with Crippen molar-refractivity contribution in [3.8, 4) is 0 Å². The molecule has 0 bridgehead atoms. The van der Waals surface area contributed by atoms with Gasteiger partial charge in [0.05, 0.1) is 16.9 Å². The summed E-state index contributed by atoms with van der Waals surface area (Å²) in [5.74, 6) is -0.372. The molecule has 0 saturated heterocycles. The van der Waals surface area contributed by atoms with Crippen molar-refractivity contribution in [1.29, 1.82) is 0 Å². The number of nitrogens with two attached hydrogens (primary N) is 1. The molecular weight excluding hydrogens is 250 g/mol. The molecule has 0 rings (SSSR count). The summed E-state index contributed by atoms with van der Waals surface area (Å²) in [6.45, 7) is 6.15. The fraction of sp³-hybridized carbons (Fsp3) is 0.750. The van der Waals surface area contributed by atoms with E-state index in [1.807, 2.05) is 20.8 Å². The molecule has 0 aliphatic heterocycles. The third kappa shape index (κ3) is 3.66. The van der Waals surface area contributed by atoms with Crippen LogP contribution >= 0.6 is 12.2 Å². The van der Waals surface area contributed by atoms with E-state index in [0.29, 0.717) is 19.4 Å². The zero-order valence-corrected chi connectivity index (χ0v) is 12.4. The monoisotopic (exact) mass is 273 g/mol. The minimum atomic E-state index is -0.837. The molecule has 0 fully saturated rings. The number of amides is 2. The Bertz CT molecular complexity index is 327. The average Bonchev–Trinajstić information content (AvgIpc) is 2.30. The highest BCUT2D eigenvalue weighted by Gasteiger charge is 2.40. The lowest BCUT2D eigenvalue weighted by Gasteiger charge is -2.33. The second-order valence-electron chi connectivity index (χ2n) is 4.27. The Morgan fingerprint density at radius 1 is 1.28 bits per heavy atom. The Morgan fingerprint density at radius 2 is 1.78 bits per heavy atom. The minimum Gasteiger partial charge on any atom is -0.392 e. The van der Waals surface area contributed by atoms with E-state index in [2.05, 4.69) is 5.32 Å². The Hall–Kier alpha value is -1.17. The van der Waals surface area contributed by atoms with Crippen molar-refractivity contribution in [2.75, 3.05) is 20.1 Å². The van der Waals surface area contributed by atoms with Crippen molar-refractivity contribution in [2.24, 2.45) is 11.1 Å². The molecule has 0 saturated carbocycles. The molecule has 0 aliphatic rings. The van der Waals surface area contributed by atoms with Crippen molar-refractivity contribution in [1.82, 2.24) is 10.2 Å². The van der Waals surface area contributed by atoms with Crippen molar-refractivity contribution in [3.05, 3.63) is 0 Å². The molecule has 0 radical (unpaired) electrons. The van der Waals surface area contributed by atoms with Gasteiger partial charge in [-0.3, -0.25) is 9.59 Å². The summed E-state index contributed by atoms with van der Waals surface area (Å²) >= 11 is 5.02. The summed E-state index contributed by atoms with van der Waals surface area (Å²) in [4.78, 5) is 25.4. The maximum Gasteiger partial charge on any atom is 0.239 e. The number of hydrogen-bond donors (Lipinski definition) is 2. The first-order chi connectivity index (χ1) is 8.35. The fourth-order valence-electron chi connectivity index (χ4n) is 1.91. The lowest BCUT2D eigenvalue weighted by Crippen LogP contribution is -2.51. The van der Waals surface area contributed by atoms with Gasteiger partial charge < -0.3 is 16.0 Å². The molecule has 0 aromatic carbocycles. The first kappa shape index (κ1) is 16.8. The molecule has 5 nitrogen and oxygen atoms in total. The van der Waals surface area contributed by atoms with E-state index in [-0.39, 0.29) is 23.3 Å². The smallest absolute Gasteiger partial charge is 0.239 e. The van der Waals surface area contributed by atoms with E-state index in [4.69, 9.17) is 18.0 Å². The van der Waals surface area contributed by atoms with Gasteiger partial charge in [-0.1, -0.05) is 26.1 Å². The van der Waals surface area contributed by atoms with E-state index >= 15 is 0 Å². The molecule has 0 heterocycles. The zero-order chi connectivity index (χ0) is 14.3. The van der Waals surface area contributed by atoms with Gasteiger partial charge in [-0.2, -0.15) is 0 Å². The lowest BCUT2D eigenvalue weighted by molar-refractivity contribution is -0.140. The number of carbonyl (C=O) groups is 2. The lowest BCUT2D eigenvalue weighted by atomic mass is 9.81. The zero-order valence-electron chi connectivity index (χ0n) is 11.6. The van der Waals surface area contributed by atoms with E-state index < -0.39 is 5.41 Å². The quantitative estimate of drug-likeness (QED) is 0.669. The predicted octanol–water partition coefficient (Wildman–Crippen LogP) is 0.673. The number of nitrogens with one attached hydrogen (secondary N) is 1. The maximum atomic E-state index is 12.4. The van der Waals surface area contributed by atoms with Gasteiger partial charge in [-0.05, 0) is 19.8 Å². The van der Waals surface area contributed by atoms with Crippen LogP contribution in [0.5, 0.6) is 0 Å². The summed E-state index contributed by atoms with van der Waals surface area (Å²) in [7, 11) is 1.59. The van der Waals surface area contributed by atoms with E-state index in [1.165, 1.54) is 4.90 Å². The fourth-order valence-corrected chi connectivity index (χ4v) is 2.29. The van der Waals surface area contributed by atoms with Crippen LogP contribution in [-0.2, 0) is 9.59 Å². The topological polar surface area (TPSA) is 75.4 Å². The number of nitrogens with zero attached hydrogens (tertiary/aromatic N) is 1. The molecule has 2 amide bonds. The molecule has 0 aromatic heterocycles. The van der Waals surface area contributed by atoms with Gasteiger partial charge >= 0.3 is 0 Å². The molecule has 104 valence electrons. The van der Waals surface area contributed by atoms with Crippen LogP contribution in [0, 0.1) is 5.41 Å². The largest absolute Gasteiger partial charge is 0.392 e. The number of likely N-dealkylation sites (N-methyl/N-ethyl adjacent to an activating group) is 2. The summed E-state index contributed by atoms with van der Waals surface area (Å²) in [5.41, 5.74) is 4.87. The molecule has 3 N–H and O–H groups in total. The number of rotatable bonds is 7. The van der Waals surface area contributed by atoms with Crippen molar-refractivity contribution in [3.63, 3.8) is 0 Å². The molecule has 0 aliphatic carbocycles. The number of thiocarbonyl (C=S) groups is 1. The second kappa shape index (κ2) is 7.31. The highest BCUT2D eigenvalue weighted by molar-refractivity contribution is 7.80. The van der Waals surface area contributed by atoms with E-state index in [9.17, 15) is 9.59 Å². The van der Waals surface area contributed by atoms with Gasteiger partial charge in [0.2, 0.25) is 11.8 Å². The third-order valence-corrected chi connectivity index (χ3v) is 3.58. The van der Waals surface area contributed by atoms with E-state index in [0.717, 1.165) is 0 Å². The van der Waals surface area contributed by atoms with Crippen molar-refractivity contribution in [2.45, 2.75) is 33.6 Å². The first-order valence-electron chi connectivity index (χ1n) is 6.17. The van der Waals surface area contributed by atoms with Gasteiger partial charge in [-0.25, -0.2) is 0 Å². The van der Waals surface area contributed by atoms with Gasteiger partial charge in [-0.15, -0.1) is 0 Å². The van der Waals surface area contributed by atoms with Gasteiger partial charge in [0.15, 0.2) is 0 Å². The van der Waals surface area contributed by atoms with Gasteiger partial charge in [0, 0.05) is 13.6 Å². The van der Waals surface area contributed by atoms with Crippen LogP contribution in [0.3, 0.4) is 0 Å². The van der Waals surface area contributed by atoms with Crippen molar-refractivity contribution < 1.29 is 9.59 Å². The average molecular weight is 273 g/mol. The molecule has 0 unspecified atom stereocenters. The molecule has 0 aromatic rings. The van der Waals surface area contributed by atoms with Crippen LogP contribution in [-0.4, -0.2) is 41.8 Å². The Morgan fingerprint density at radius 3 is 2.11 bits per heavy atom. The van der Waals surface area contributed by atoms with Gasteiger partial charge in [0.25, 0.3) is 0 Å². The molecule has 18 heavy (non-hydrogen) atoms. The van der Waals surface area contributed by atoms with Crippen LogP contribution < -0.4 is 11.1 Å². The Balaban J connectivity index is 4.89. The predicted molar refractivity (Wildman–Crippen MR) is 76.1 cm³/mol. The SMILES string of the molecule is CCNC(=O)CN(C)C(=O)C(CC)(CC)C(N)=S. The van der Waals surface area contributed by atoms with Gasteiger partial charge in [0.1, 0.15) is 0 Å². The molecule has 0 atom stereocenters. The number of hydrogen-bond acceptors (Lipinski definition) is 3.